The molecular weight excluding hydrogens is 732 g/mol. The van der Waals surface area contributed by atoms with Gasteiger partial charge in [-0.05, 0) is 118 Å². The summed E-state index contributed by atoms with van der Waals surface area (Å²) in [6.07, 6.45) is -6.63. The third kappa shape index (κ3) is 6.11. The van der Waals surface area contributed by atoms with Crippen molar-refractivity contribution in [2.45, 2.75) is 197 Å². The highest BCUT2D eigenvalue weighted by molar-refractivity contribution is 5.66. The summed E-state index contributed by atoms with van der Waals surface area (Å²) in [5, 5.41) is 86.6. The minimum Gasteiger partial charge on any atom is -0.454 e. The molecule has 8 rings (SSSR count). The van der Waals surface area contributed by atoms with Crippen LogP contribution in [0.5, 0.6) is 0 Å². The molecular formula is C41H66O15. The number of carbonyl (C=O) groups is 1. The summed E-state index contributed by atoms with van der Waals surface area (Å²) >= 11 is 0. The van der Waals surface area contributed by atoms with Gasteiger partial charge in [0, 0.05) is 12.8 Å². The van der Waals surface area contributed by atoms with Gasteiger partial charge >= 0.3 is 5.97 Å². The van der Waals surface area contributed by atoms with Gasteiger partial charge in [-0.2, -0.15) is 0 Å². The van der Waals surface area contributed by atoms with Crippen LogP contribution in [0.4, 0.5) is 0 Å². The molecule has 0 radical (unpaired) electrons. The second kappa shape index (κ2) is 14.0. The van der Waals surface area contributed by atoms with E-state index in [1.165, 1.54) is 6.92 Å². The van der Waals surface area contributed by atoms with Crippen LogP contribution >= 0.6 is 0 Å². The van der Waals surface area contributed by atoms with E-state index in [1.807, 2.05) is 0 Å². The average Bonchev–Trinajstić information content (AvgIpc) is 3.49. The fourth-order valence-corrected chi connectivity index (χ4v) is 14.3. The molecule has 5 aliphatic carbocycles. The third-order valence-corrected chi connectivity index (χ3v) is 17.1. The fraction of sp³-hybridized carbons (Fsp3) is 0.976. The molecule has 5 saturated carbocycles. The van der Waals surface area contributed by atoms with Gasteiger partial charge < -0.3 is 69.3 Å². The first-order valence-corrected chi connectivity index (χ1v) is 21.0. The molecule has 15 heteroatoms. The van der Waals surface area contributed by atoms with Crippen molar-refractivity contribution >= 4 is 5.97 Å². The Morgan fingerprint density at radius 2 is 1.55 bits per heavy atom. The zero-order chi connectivity index (χ0) is 40.5. The molecule has 0 aromatic carbocycles. The minimum atomic E-state index is -1.60. The maximum atomic E-state index is 12.2. The van der Waals surface area contributed by atoms with Gasteiger partial charge in [-0.1, -0.05) is 13.8 Å². The van der Waals surface area contributed by atoms with Gasteiger partial charge in [0.05, 0.1) is 48.8 Å². The number of ether oxygens (including phenoxy) is 6. The van der Waals surface area contributed by atoms with Crippen molar-refractivity contribution in [3.05, 3.63) is 0 Å². The molecule has 3 heterocycles. The van der Waals surface area contributed by atoms with Crippen molar-refractivity contribution in [2.75, 3.05) is 13.2 Å². The van der Waals surface area contributed by atoms with Crippen molar-refractivity contribution in [2.24, 2.45) is 39.4 Å². The van der Waals surface area contributed by atoms with Crippen LogP contribution in [0.3, 0.4) is 0 Å². The van der Waals surface area contributed by atoms with Crippen LogP contribution in [0.1, 0.15) is 106 Å². The second-order valence-electron chi connectivity index (χ2n) is 20.3. The number of esters is 1. The van der Waals surface area contributed by atoms with E-state index in [0.29, 0.717) is 32.1 Å². The lowest BCUT2D eigenvalue weighted by Gasteiger charge is -2.63. The molecule has 3 aliphatic heterocycles. The van der Waals surface area contributed by atoms with Crippen LogP contribution in [0.15, 0.2) is 0 Å². The first kappa shape index (κ1) is 41.7. The predicted octanol–water partition coefficient (Wildman–Crippen LogP) is 0.659. The molecule has 8 aliphatic rings. The number of fused-ring (bicyclic) bond motifs is 2. The average molecular weight is 799 g/mol. The Labute approximate surface area is 328 Å². The van der Waals surface area contributed by atoms with Crippen LogP contribution in [-0.2, 0) is 33.2 Å². The van der Waals surface area contributed by atoms with E-state index in [4.69, 9.17) is 28.4 Å². The quantitative estimate of drug-likeness (QED) is 0.125. The second-order valence-corrected chi connectivity index (χ2v) is 20.3. The number of aliphatic hydroxyl groups excluding tert-OH is 7. The topological polar surface area (TPSA) is 234 Å². The van der Waals surface area contributed by atoms with Gasteiger partial charge in [-0.15, -0.1) is 0 Å². The van der Waals surface area contributed by atoms with Gasteiger partial charge in [0.2, 0.25) is 0 Å². The summed E-state index contributed by atoms with van der Waals surface area (Å²) in [6.45, 7) is 10.8. The van der Waals surface area contributed by atoms with Crippen molar-refractivity contribution in [3.63, 3.8) is 0 Å². The zero-order valence-corrected chi connectivity index (χ0v) is 33.7. The molecule has 15 nitrogen and oxygen atoms in total. The van der Waals surface area contributed by atoms with Crippen LogP contribution in [0, 0.1) is 39.4 Å². The molecule has 3 saturated heterocycles. The molecule has 8 fully saturated rings. The Bertz CT molecular complexity index is 1490. The predicted molar refractivity (Wildman–Crippen MR) is 194 cm³/mol. The molecule has 0 aromatic rings. The van der Waals surface area contributed by atoms with Crippen molar-refractivity contribution in [1.29, 1.82) is 0 Å². The largest absolute Gasteiger partial charge is 0.454 e. The van der Waals surface area contributed by atoms with E-state index in [2.05, 4.69) is 20.8 Å². The highest BCUT2D eigenvalue weighted by Crippen LogP contribution is 2.88. The maximum Gasteiger partial charge on any atom is 0.303 e. The van der Waals surface area contributed by atoms with Gasteiger partial charge in [0.15, 0.2) is 18.7 Å². The number of hydrogen-bond donors (Lipinski definition) is 8. The van der Waals surface area contributed by atoms with Gasteiger partial charge in [0.25, 0.3) is 0 Å². The van der Waals surface area contributed by atoms with Crippen LogP contribution in [0.25, 0.3) is 0 Å². The van der Waals surface area contributed by atoms with E-state index < -0.39 is 97.4 Å². The van der Waals surface area contributed by atoms with E-state index in [1.54, 1.807) is 13.8 Å². The summed E-state index contributed by atoms with van der Waals surface area (Å²) in [6, 6.07) is 0. The Hall–Kier alpha value is -1.05. The Kier molecular flexibility index (Phi) is 10.4. The summed E-state index contributed by atoms with van der Waals surface area (Å²) in [4.78, 5) is 12.0. The first-order valence-electron chi connectivity index (χ1n) is 21.0. The van der Waals surface area contributed by atoms with Crippen LogP contribution < -0.4 is 0 Å². The summed E-state index contributed by atoms with van der Waals surface area (Å²) in [5.41, 5.74) is -2.50. The lowest BCUT2D eigenvalue weighted by Crippen LogP contribution is -2.62. The van der Waals surface area contributed by atoms with Crippen molar-refractivity contribution in [1.82, 2.24) is 0 Å². The maximum absolute atomic E-state index is 12.2. The normalized spacial score (nSPS) is 56.8. The Morgan fingerprint density at radius 1 is 0.821 bits per heavy atom. The SMILES string of the molecule is CC(=O)O[C@H]1[C@H](O[C@H]2CC[C@]34C[C@@]35CC[C@]3(C)[C@@H]([C@@]6(C)CC[C@@H](C(C)(C)O)O6)[C@@H](O)C[C@@]3(C)[C@@H]5C[C@H](O[C@@H]3O[C@H](CO)[C@@H](O)[C@H](O)[C@H]3O)[C@@H]4C2)OC[C@@H](O)[C@@H]1O. The third-order valence-electron chi connectivity index (χ3n) is 17.1. The summed E-state index contributed by atoms with van der Waals surface area (Å²) in [5.74, 6) is -0.800. The monoisotopic (exact) mass is 798 g/mol. The highest BCUT2D eigenvalue weighted by Gasteiger charge is 2.83. The number of aliphatic hydroxyl groups is 8. The smallest absolute Gasteiger partial charge is 0.303 e. The minimum absolute atomic E-state index is 0.0459. The molecule has 0 unspecified atom stereocenters. The number of rotatable bonds is 8. The van der Waals surface area contributed by atoms with E-state index in [-0.39, 0.29) is 52.1 Å². The molecule has 8 N–H and O–H groups in total. The highest BCUT2D eigenvalue weighted by atomic mass is 16.7. The molecule has 0 bridgehead atoms. The van der Waals surface area contributed by atoms with E-state index >= 15 is 0 Å². The van der Waals surface area contributed by atoms with Gasteiger partial charge in [0.1, 0.15) is 36.6 Å². The van der Waals surface area contributed by atoms with Crippen molar-refractivity contribution in [3.8, 4) is 0 Å². The molecule has 320 valence electrons. The number of carbonyl (C=O) groups excluding carboxylic acids is 1. The Balaban J connectivity index is 1.11. The Morgan fingerprint density at radius 3 is 2.21 bits per heavy atom. The number of hydrogen-bond acceptors (Lipinski definition) is 15. The molecule has 56 heavy (non-hydrogen) atoms. The van der Waals surface area contributed by atoms with Gasteiger partial charge in [-0.25, -0.2) is 0 Å². The molecule has 2 spiro atoms. The standard InChI is InChI=1S/C41H66O15/c1-19(43)52-32-28(46)23(45)17-51-35(32)53-20-7-10-40-18-41(40)12-11-37(4)33(39(6)9-8-27(56-39)36(2,3)50)22(44)15-38(37,5)26(41)14-24(21(40)13-20)54-34-31(49)30(48)29(47)25(16-42)55-34/h20-35,42,44-50H,7-18H2,1-6H3/t20-,21-,22-,23+,24-,25+,26-,27-,28-,29+,30-,31+,32+,33-,34+,35-,37+,38-,39+,40+,41+/m0/s1. The zero-order valence-electron chi connectivity index (χ0n) is 33.7. The van der Waals surface area contributed by atoms with Crippen molar-refractivity contribution < 1.29 is 74.1 Å². The lowest BCUT2D eigenvalue weighted by atomic mass is 9.42. The first-order chi connectivity index (χ1) is 26.1. The fourth-order valence-electron chi connectivity index (χ4n) is 14.3. The van der Waals surface area contributed by atoms with Gasteiger partial charge in [-0.3, -0.25) is 4.79 Å². The van der Waals surface area contributed by atoms with Crippen LogP contribution in [0.2, 0.25) is 0 Å². The molecule has 0 amide bonds. The van der Waals surface area contributed by atoms with Crippen LogP contribution in [-0.4, -0.2) is 151 Å². The summed E-state index contributed by atoms with van der Waals surface area (Å²) < 4.78 is 37.1. The lowest BCUT2D eigenvalue weighted by molar-refractivity contribution is -0.328. The molecule has 21 atom stereocenters. The summed E-state index contributed by atoms with van der Waals surface area (Å²) in [7, 11) is 0. The molecule has 0 aromatic heterocycles. The van der Waals surface area contributed by atoms with E-state index in [9.17, 15) is 45.6 Å². The van der Waals surface area contributed by atoms with E-state index in [0.717, 1.165) is 32.1 Å².